The molecule has 2 aromatic carbocycles. The van der Waals surface area contributed by atoms with E-state index in [4.69, 9.17) is 19.9 Å². The minimum atomic E-state index is -2.00. The Hall–Kier alpha value is -5.26. The summed E-state index contributed by atoms with van der Waals surface area (Å²) >= 11 is 0. The largest absolute Gasteiger partial charge is 0.497 e. The number of nitrogens with one attached hydrogen (secondary N) is 1. The van der Waals surface area contributed by atoms with Gasteiger partial charge in [-0.15, -0.1) is 0 Å². The van der Waals surface area contributed by atoms with Crippen molar-refractivity contribution in [3.05, 3.63) is 108 Å². The fraction of sp³-hybridized carbons (Fsp3) is 0.143. The van der Waals surface area contributed by atoms with Crippen LogP contribution in [0.15, 0.2) is 85.6 Å². The Morgan fingerprint density at radius 1 is 1.10 bits per heavy atom. The van der Waals surface area contributed by atoms with E-state index in [1.807, 2.05) is 0 Å². The number of pyridine rings is 1. The van der Waals surface area contributed by atoms with Gasteiger partial charge in [0.2, 0.25) is 0 Å². The van der Waals surface area contributed by atoms with Crippen molar-refractivity contribution in [2.45, 2.75) is 18.2 Å². The van der Waals surface area contributed by atoms with Crippen LogP contribution in [0, 0.1) is 11.6 Å². The predicted octanol–water partition coefficient (Wildman–Crippen LogP) is 3.26. The SMILES string of the molecule is COc1ccc(CC(NC(=O)c2cccnc2-n2ccc(-c3ccc(F)cc3F)n2)C2(C(N)=O)OC=CO2)cc1. The third-order valence-corrected chi connectivity index (χ3v) is 6.29. The molecule has 0 saturated heterocycles. The van der Waals surface area contributed by atoms with E-state index in [0.717, 1.165) is 17.7 Å². The van der Waals surface area contributed by atoms with Gasteiger partial charge >= 0.3 is 11.7 Å². The summed E-state index contributed by atoms with van der Waals surface area (Å²) in [6.45, 7) is 0. The third-order valence-electron chi connectivity index (χ3n) is 6.29. The van der Waals surface area contributed by atoms with Crippen molar-refractivity contribution in [1.82, 2.24) is 20.1 Å². The average Bonchev–Trinajstić information content (AvgIpc) is 3.64. The van der Waals surface area contributed by atoms with E-state index < -0.39 is 35.3 Å². The van der Waals surface area contributed by atoms with Crippen molar-refractivity contribution in [3.63, 3.8) is 0 Å². The fourth-order valence-corrected chi connectivity index (χ4v) is 4.29. The second-order valence-corrected chi connectivity index (χ2v) is 8.76. The van der Waals surface area contributed by atoms with Crippen LogP contribution >= 0.6 is 0 Å². The number of hydrogen-bond donors (Lipinski definition) is 2. The number of aromatic nitrogens is 3. The van der Waals surface area contributed by atoms with Crippen molar-refractivity contribution in [2.24, 2.45) is 5.73 Å². The Kier molecular flexibility index (Phi) is 7.15. The lowest BCUT2D eigenvalue weighted by Crippen LogP contribution is -2.61. The fourth-order valence-electron chi connectivity index (χ4n) is 4.29. The maximum absolute atomic E-state index is 14.3. The minimum Gasteiger partial charge on any atom is -0.497 e. The molecular formula is C28H23F2N5O5. The lowest BCUT2D eigenvalue weighted by Gasteiger charge is -2.33. The average molecular weight is 548 g/mol. The second-order valence-electron chi connectivity index (χ2n) is 8.76. The maximum Gasteiger partial charge on any atom is 0.352 e. The molecule has 0 fully saturated rings. The highest BCUT2D eigenvalue weighted by atomic mass is 19.1. The Balaban J connectivity index is 1.46. The molecule has 3 heterocycles. The molecular weight excluding hydrogens is 524 g/mol. The van der Waals surface area contributed by atoms with Crippen LogP contribution < -0.4 is 15.8 Å². The molecule has 0 radical (unpaired) electrons. The van der Waals surface area contributed by atoms with Gasteiger partial charge in [0.05, 0.1) is 18.4 Å². The molecule has 0 aliphatic carbocycles. The van der Waals surface area contributed by atoms with Crippen molar-refractivity contribution in [1.29, 1.82) is 0 Å². The number of carbonyl (C=O) groups is 2. The van der Waals surface area contributed by atoms with E-state index in [2.05, 4.69) is 15.4 Å². The smallest absolute Gasteiger partial charge is 0.352 e. The van der Waals surface area contributed by atoms with Crippen LogP contribution in [0.4, 0.5) is 8.78 Å². The summed E-state index contributed by atoms with van der Waals surface area (Å²) in [6, 6.07) is 13.6. The van der Waals surface area contributed by atoms with Crippen LogP contribution in [0.3, 0.4) is 0 Å². The molecule has 10 nitrogen and oxygen atoms in total. The van der Waals surface area contributed by atoms with Gasteiger partial charge < -0.3 is 25.3 Å². The molecule has 5 rings (SSSR count). The molecule has 0 spiro atoms. The van der Waals surface area contributed by atoms with Gasteiger partial charge in [-0.25, -0.2) is 18.4 Å². The third kappa shape index (κ3) is 5.06. The first-order chi connectivity index (χ1) is 19.3. The summed E-state index contributed by atoms with van der Waals surface area (Å²) in [5.74, 6) is -4.33. The zero-order valence-electron chi connectivity index (χ0n) is 21.1. The van der Waals surface area contributed by atoms with Crippen LogP contribution in [-0.2, 0) is 20.7 Å². The highest BCUT2D eigenvalue weighted by Crippen LogP contribution is 2.28. The molecule has 1 atom stereocenters. The number of benzene rings is 2. The van der Waals surface area contributed by atoms with E-state index in [-0.39, 0.29) is 29.1 Å². The Labute approximate surface area is 227 Å². The molecule has 4 aromatic rings. The minimum absolute atomic E-state index is 0.0769. The normalized spacial score (nSPS) is 14.2. The Bertz CT molecular complexity index is 1580. The Morgan fingerprint density at radius 2 is 1.85 bits per heavy atom. The molecule has 0 saturated carbocycles. The molecule has 1 aliphatic rings. The number of hydrogen-bond acceptors (Lipinski definition) is 7. The monoisotopic (exact) mass is 547 g/mol. The topological polar surface area (TPSA) is 131 Å². The molecule has 40 heavy (non-hydrogen) atoms. The van der Waals surface area contributed by atoms with Crippen molar-refractivity contribution < 1.29 is 32.6 Å². The summed E-state index contributed by atoms with van der Waals surface area (Å²) < 4.78 is 45.2. The molecule has 3 N–H and O–H groups in total. The van der Waals surface area contributed by atoms with Gasteiger partial charge in [-0.3, -0.25) is 9.59 Å². The number of nitrogens with two attached hydrogens (primary N) is 1. The predicted molar refractivity (Wildman–Crippen MR) is 138 cm³/mol. The summed E-state index contributed by atoms with van der Waals surface area (Å²) in [5, 5.41) is 7.13. The molecule has 1 unspecified atom stereocenters. The summed E-state index contributed by atoms with van der Waals surface area (Å²) in [5.41, 5.74) is 6.77. The molecule has 2 amide bonds. The van der Waals surface area contributed by atoms with Gasteiger partial charge in [0.15, 0.2) is 5.82 Å². The quantitative estimate of drug-likeness (QED) is 0.329. The maximum atomic E-state index is 14.3. The second kappa shape index (κ2) is 10.8. The van der Waals surface area contributed by atoms with E-state index in [1.165, 1.54) is 54.9 Å². The van der Waals surface area contributed by atoms with E-state index in [1.54, 1.807) is 30.3 Å². The number of amides is 2. The standard InChI is InChI=1S/C28H23F2N5O5/c1-38-19-7-4-17(5-8-19)15-24(28(27(31)37)39-13-14-40-28)33-26(36)21-3-2-11-32-25(21)35-12-10-23(34-35)20-9-6-18(29)16-22(20)30/h2-14,16,24H,15H2,1H3,(H2,31,37)(H,33,36). The first kappa shape index (κ1) is 26.4. The number of rotatable bonds is 9. The first-order valence-corrected chi connectivity index (χ1v) is 12.0. The number of nitrogens with zero attached hydrogens (tertiary/aromatic N) is 3. The first-order valence-electron chi connectivity index (χ1n) is 12.0. The van der Waals surface area contributed by atoms with Crippen molar-refractivity contribution >= 4 is 11.8 Å². The molecule has 0 bridgehead atoms. The van der Waals surface area contributed by atoms with Gasteiger partial charge in [-0.1, -0.05) is 12.1 Å². The summed E-state index contributed by atoms with van der Waals surface area (Å²) in [4.78, 5) is 30.4. The number of carbonyl (C=O) groups excluding carboxylic acids is 2. The summed E-state index contributed by atoms with van der Waals surface area (Å²) in [6.07, 6.45) is 5.40. The summed E-state index contributed by atoms with van der Waals surface area (Å²) in [7, 11) is 1.54. The van der Waals surface area contributed by atoms with Gasteiger partial charge in [0, 0.05) is 30.4 Å². The molecule has 2 aromatic heterocycles. The van der Waals surface area contributed by atoms with E-state index >= 15 is 0 Å². The number of halogens is 2. The van der Waals surface area contributed by atoms with Crippen molar-refractivity contribution in [3.8, 4) is 22.8 Å². The van der Waals surface area contributed by atoms with E-state index in [0.29, 0.717) is 5.75 Å². The number of primary amides is 1. The van der Waals surface area contributed by atoms with Gasteiger partial charge in [-0.05, 0) is 48.0 Å². The van der Waals surface area contributed by atoms with Gasteiger partial charge in [0.25, 0.3) is 5.91 Å². The van der Waals surface area contributed by atoms with Crippen LogP contribution in [-0.4, -0.2) is 45.5 Å². The lowest BCUT2D eigenvalue weighted by atomic mass is 9.97. The number of methoxy groups -OCH3 is 1. The van der Waals surface area contributed by atoms with E-state index in [9.17, 15) is 18.4 Å². The van der Waals surface area contributed by atoms with Gasteiger partial charge in [0.1, 0.15) is 35.9 Å². The Morgan fingerprint density at radius 3 is 2.52 bits per heavy atom. The zero-order chi connectivity index (χ0) is 28.3. The lowest BCUT2D eigenvalue weighted by molar-refractivity contribution is -0.182. The zero-order valence-corrected chi connectivity index (χ0v) is 21.1. The van der Waals surface area contributed by atoms with Crippen LogP contribution in [0.5, 0.6) is 5.75 Å². The van der Waals surface area contributed by atoms with Gasteiger partial charge in [-0.2, -0.15) is 5.10 Å². The van der Waals surface area contributed by atoms with Crippen molar-refractivity contribution in [2.75, 3.05) is 7.11 Å². The van der Waals surface area contributed by atoms with Crippen LogP contribution in [0.1, 0.15) is 15.9 Å². The van der Waals surface area contributed by atoms with Crippen LogP contribution in [0.25, 0.3) is 17.1 Å². The van der Waals surface area contributed by atoms with Crippen LogP contribution in [0.2, 0.25) is 0 Å². The molecule has 1 aliphatic heterocycles. The highest BCUT2D eigenvalue weighted by Gasteiger charge is 2.51. The molecule has 12 heteroatoms. The number of ether oxygens (including phenoxy) is 3. The molecule has 204 valence electrons. The highest BCUT2D eigenvalue weighted by molar-refractivity contribution is 5.98.